The smallest absolute Gasteiger partial charge is 0.303 e. The van der Waals surface area contributed by atoms with Gasteiger partial charge < -0.3 is 48.9 Å². The molecule has 226 valence electrons. The van der Waals surface area contributed by atoms with Gasteiger partial charge in [-0.05, 0) is 0 Å². The van der Waals surface area contributed by atoms with E-state index in [1.54, 1.807) is 0 Å². The maximum atomic E-state index is 12.1. The fourth-order valence-corrected chi connectivity index (χ4v) is 4.37. The molecule has 16 heteroatoms. The molecule has 0 spiro atoms. The van der Waals surface area contributed by atoms with Crippen LogP contribution in [0.4, 0.5) is 0 Å². The summed E-state index contributed by atoms with van der Waals surface area (Å²) in [5.41, 5.74) is 0. The highest BCUT2D eigenvalue weighted by molar-refractivity contribution is 5.74. The second-order valence-corrected chi connectivity index (χ2v) is 9.31. The third-order valence-corrected chi connectivity index (χ3v) is 5.75. The summed E-state index contributed by atoms with van der Waals surface area (Å²) in [4.78, 5) is 70.8. The minimum Gasteiger partial charge on any atom is -0.463 e. The van der Waals surface area contributed by atoms with Gasteiger partial charge in [0.25, 0.3) is 0 Å². The molecule has 3 N–H and O–H groups in total. The van der Waals surface area contributed by atoms with Crippen LogP contribution in [0.25, 0.3) is 0 Å². The van der Waals surface area contributed by atoms with E-state index in [1.165, 1.54) is 20.8 Å². The van der Waals surface area contributed by atoms with Gasteiger partial charge in [0.1, 0.15) is 43.6 Å². The lowest BCUT2D eigenvalue weighted by Crippen LogP contribution is -2.68. The summed E-state index contributed by atoms with van der Waals surface area (Å²) in [6.45, 7) is 6.24. The predicted molar refractivity (Wildman–Crippen MR) is 129 cm³/mol. The van der Waals surface area contributed by atoms with Gasteiger partial charge in [-0.1, -0.05) is 0 Å². The molecular formula is C24H36N2O14. The number of hydrogen-bond acceptors (Lipinski definition) is 14. The van der Waals surface area contributed by atoms with Gasteiger partial charge in [0, 0.05) is 48.0 Å². The third-order valence-electron chi connectivity index (χ3n) is 5.75. The average molecular weight is 577 g/mol. The third kappa shape index (κ3) is 10.0. The van der Waals surface area contributed by atoms with Crippen molar-refractivity contribution in [3.63, 3.8) is 0 Å². The first-order valence-electron chi connectivity index (χ1n) is 12.5. The van der Waals surface area contributed by atoms with Crippen molar-refractivity contribution in [2.45, 2.75) is 103 Å². The van der Waals surface area contributed by atoms with Crippen LogP contribution in [0.3, 0.4) is 0 Å². The molecule has 0 aromatic rings. The molecule has 0 aromatic heterocycles. The molecule has 2 amide bonds. The van der Waals surface area contributed by atoms with E-state index in [-0.39, 0.29) is 13.0 Å². The normalized spacial score (nSPS) is 31.7. The Morgan fingerprint density at radius 2 is 1.27 bits per heavy atom. The fourth-order valence-electron chi connectivity index (χ4n) is 4.37. The Balaban J connectivity index is 2.52. The zero-order chi connectivity index (χ0) is 30.1. The van der Waals surface area contributed by atoms with E-state index in [0.29, 0.717) is 0 Å². The molecule has 2 aliphatic rings. The van der Waals surface area contributed by atoms with E-state index >= 15 is 0 Å². The molecule has 0 aromatic carbocycles. The Morgan fingerprint density at radius 3 is 1.80 bits per heavy atom. The zero-order valence-electron chi connectivity index (χ0n) is 23.1. The van der Waals surface area contributed by atoms with E-state index < -0.39 is 97.5 Å². The van der Waals surface area contributed by atoms with E-state index in [4.69, 9.17) is 33.2 Å². The summed E-state index contributed by atoms with van der Waals surface area (Å²) < 4.78 is 38.7. The van der Waals surface area contributed by atoms with Crippen molar-refractivity contribution in [3.8, 4) is 0 Å². The molecule has 2 heterocycles. The lowest BCUT2D eigenvalue weighted by Gasteiger charge is -2.47. The van der Waals surface area contributed by atoms with Crippen molar-refractivity contribution in [3.05, 3.63) is 0 Å². The van der Waals surface area contributed by atoms with Crippen LogP contribution < -0.4 is 10.6 Å². The molecule has 0 saturated carbocycles. The van der Waals surface area contributed by atoms with Crippen LogP contribution in [-0.2, 0) is 61.9 Å². The monoisotopic (exact) mass is 576 g/mol. The van der Waals surface area contributed by atoms with E-state index in [1.807, 2.05) is 0 Å². The van der Waals surface area contributed by atoms with Crippen molar-refractivity contribution in [2.75, 3.05) is 13.2 Å². The van der Waals surface area contributed by atoms with Gasteiger partial charge in [0.15, 0.2) is 18.7 Å². The van der Waals surface area contributed by atoms with E-state index in [9.17, 15) is 33.9 Å². The van der Waals surface area contributed by atoms with Gasteiger partial charge in [0.2, 0.25) is 11.8 Å². The van der Waals surface area contributed by atoms with E-state index in [2.05, 4.69) is 10.6 Å². The van der Waals surface area contributed by atoms with E-state index in [0.717, 1.165) is 20.8 Å². The zero-order valence-corrected chi connectivity index (χ0v) is 23.1. The lowest BCUT2D eigenvalue weighted by molar-refractivity contribution is -0.318. The Morgan fingerprint density at radius 1 is 0.725 bits per heavy atom. The number of esters is 4. The van der Waals surface area contributed by atoms with Crippen LogP contribution in [0.2, 0.25) is 0 Å². The van der Waals surface area contributed by atoms with Gasteiger partial charge in [-0.15, -0.1) is 0 Å². The maximum Gasteiger partial charge on any atom is 0.303 e. The molecule has 0 bridgehead atoms. The highest BCUT2D eigenvalue weighted by Gasteiger charge is 2.52. The van der Waals surface area contributed by atoms with Crippen LogP contribution in [-0.4, -0.2) is 109 Å². The molecule has 9 atom stereocenters. The highest BCUT2D eigenvalue weighted by Crippen LogP contribution is 2.31. The Bertz CT molecular complexity index is 958. The first-order valence-corrected chi connectivity index (χ1v) is 12.5. The van der Waals surface area contributed by atoms with Crippen LogP contribution in [0, 0.1) is 0 Å². The van der Waals surface area contributed by atoms with Gasteiger partial charge >= 0.3 is 23.9 Å². The van der Waals surface area contributed by atoms with Gasteiger partial charge in [-0.3, -0.25) is 28.8 Å². The number of carbonyl (C=O) groups excluding carboxylic acids is 6. The molecular weight excluding hydrogens is 540 g/mol. The maximum absolute atomic E-state index is 12.1. The molecule has 2 saturated heterocycles. The molecule has 40 heavy (non-hydrogen) atoms. The molecule has 2 rings (SSSR count). The number of ether oxygens (including phenoxy) is 7. The molecule has 2 fully saturated rings. The number of carbonyl (C=O) groups is 6. The quantitative estimate of drug-likeness (QED) is 0.194. The lowest BCUT2D eigenvalue weighted by atomic mass is 9.95. The largest absolute Gasteiger partial charge is 0.463 e. The predicted octanol–water partition coefficient (Wildman–Crippen LogP) is -1.80. The van der Waals surface area contributed by atoms with Crippen molar-refractivity contribution in [1.29, 1.82) is 0 Å². The summed E-state index contributed by atoms with van der Waals surface area (Å²) >= 11 is 0. The Kier molecular flexibility index (Phi) is 12.2. The van der Waals surface area contributed by atoms with Gasteiger partial charge in [-0.25, -0.2) is 0 Å². The number of aliphatic hydroxyl groups is 1. The minimum absolute atomic E-state index is 0.0102. The first kappa shape index (κ1) is 32.9. The first-order chi connectivity index (χ1) is 18.7. The van der Waals surface area contributed by atoms with Crippen LogP contribution in [0.1, 0.15) is 48.0 Å². The van der Waals surface area contributed by atoms with Crippen LogP contribution in [0.15, 0.2) is 0 Å². The number of hydrogen-bond donors (Lipinski definition) is 3. The fraction of sp³-hybridized carbons (Fsp3) is 0.750. The summed E-state index contributed by atoms with van der Waals surface area (Å²) in [6.07, 6.45) is -9.08. The molecule has 2 aliphatic heterocycles. The highest BCUT2D eigenvalue weighted by atomic mass is 16.7. The summed E-state index contributed by atoms with van der Waals surface area (Å²) in [6, 6.07) is -2.45. The molecule has 0 radical (unpaired) electrons. The van der Waals surface area contributed by atoms with Gasteiger partial charge in [-0.2, -0.15) is 0 Å². The average Bonchev–Trinajstić information content (AvgIpc) is 2.81. The molecule has 9 unspecified atom stereocenters. The number of rotatable bonds is 10. The number of amides is 2. The van der Waals surface area contributed by atoms with Crippen molar-refractivity contribution in [1.82, 2.24) is 10.6 Å². The van der Waals surface area contributed by atoms with Crippen LogP contribution >= 0.6 is 0 Å². The second kappa shape index (κ2) is 14.9. The Hall–Kier alpha value is -3.34. The summed E-state index contributed by atoms with van der Waals surface area (Å²) in [7, 11) is 0. The van der Waals surface area contributed by atoms with Crippen LogP contribution in [0.5, 0.6) is 0 Å². The van der Waals surface area contributed by atoms with Crippen molar-refractivity contribution < 1.29 is 67.0 Å². The summed E-state index contributed by atoms with van der Waals surface area (Å²) in [5, 5.41) is 15.7. The second-order valence-electron chi connectivity index (χ2n) is 9.31. The van der Waals surface area contributed by atoms with Crippen molar-refractivity contribution >= 4 is 35.7 Å². The SMILES string of the molecule is CC(=O)NC1C(OC(C)=O)CC(COC(C)=O)OC1OC1C(COC(C)=O)OC(O)C(NC(C)=O)C1OC(C)=O. The molecule has 16 nitrogen and oxygen atoms in total. The standard InChI is InChI=1S/C24H36N2O14/c1-10(27)25-19-17(36-14(5)31)7-16(8-34-12(3)29)38-24(19)40-21-18(9-35-13(4)30)39-23(33)20(26-11(2)28)22(21)37-15(6)32/h16-24,33H,7-9H2,1-6H3,(H,25,27)(H,26,28). The minimum atomic E-state index is -1.71. The van der Waals surface area contributed by atoms with Gasteiger partial charge in [0.05, 0.1) is 6.10 Å². The number of aliphatic hydroxyl groups excluding tert-OH is 1. The summed E-state index contributed by atoms with van der Waals surface area (Å²) in [5.74, 6) is -3.89. The number of nitrogens with one attached hydrogen (secondary N) is 2. The molecule has 0 aliphatic carbocycles. The topological polar surface area (TPSA) is 211 Å². The van der Waals surface area contributed by atoms with Crippen molar-refractivity contribution in [2.24, 2.45) is 0 Å². The Labute approximate surface area is 230 Å².